The Morgan fingerprint density at radius 2 is 1.33 bits per heavy atom. The fraction of sp³-hybridized carbons (Fsp3) is 0.125. The van der Waals surface area contributed by atoms with Crippen molar-refractivity contribution in [3.05, 3.63) is 96.7 Å². The molecule has 0 aliphatic heterocycles. The van der Waals surface area contributed by atoms with Gasteiger partial charge in [0.15, 0.2) is 5.78 Å². The molecule has 0 radical (unpaired) electrons. The fourth-order valence-electron chi connectivity index (χ4n) is 3.55. The second kappa shape index (κ2) is 9.30. The molecule has 0 atom stereocenters. The zero-order valence-corrected chi connectivity index (χ0v) is 19.2. The van der Waals surface area contributed by atoms with Gasteiger partial charge in [-0.25, -0.2) is 25.5 Å². The summed E-state index contributed by atoms with van der Waals surface area (Å²) in [7, 11) is -7.68. The molecule has 0 saturated carbocycles. The molecule has 0 aliphatic rings. The van der Waals surface area contributed by atoms with Crippen molar-refractivity contribution >= 4 is 36.7 Å². The predicted octanol–water partition coefficient (Wildman–Crippen LogP) is 3.82. The highest BCUT2D eigenvalue weighted by atomic mass is 32.2. The quantitative estimate of drug-likeness (QED) is 0.289. The van der Waals surface area contributed by atoms with E-state index >= 15 is 0 Å². The van der Waals surface area contributed by atoms with Crippen molar-refractivity contribution in [2.24, 2.45) is 0 Å². The molecule has 1 aromatic heterocycles. The van der Waals surface area contributed by atoms with Gasteiger partial charge < -0.3 is 0 Å². The number of Topliss-reactive ketones (excluding diaryl/α,β-unsaturated/α-hetero) is 1. The molecular formula is C24H22N2O5S2. The van der Waals surface area contributed by atoms with Gasteiger partial charge in [-0.2, -0.15) is 0 Å². The highest BCUT2D eigenvalue weighted by molar-refractivity contribution is 7.90. The van der Waals surface area contributed by atoms with E-state index in [1.54, 1.807) is 66.7 Å². The number of fused-ring (bicyclic) bond motifs is 1. The van der Waals surface area contributed by atoms with Crippen molar-refractivity contribution < 1.29 is 21.6 Å². The maximum atomic E-state index is 13.4. The first-order valence-electron chi connectivity index (χ1n) is 10.3. The molecule has 0 spiro atoms. The number of para-hydroxylation sites is 1. The number of nitrogens with one attached hydrogen (secondary N) is 1. The molecule has 170 valence electrons. The molecule has 0 amide bonds. The van der Waals surface area contributed by atoms with E-state index in [1.165, 1.54) is 24.3 Å². The predicted molar refractivity (Wildman–Crippen MR) is 126 cm³/mol. The molecule has 0 fully saturated rings. The summed E-state index contributed by atoms with van der Waals surface area (Å²) in [6.45, 7) is 0.0502. The van der Waals surface area contributed by atoms with Crippen LogP contribution in [0.1, 0.15) is 23.3 Å². The molecule has 4 rings (SSSR count). The van der Waals surface area contributed by atoms with Gasteiger partial charge in [-0.1, -0.05) is 54.6 Å². The van der Waals surface area contributed by atoms with Crippen molar-refractivity contribution in [2.75, 3.05) is 6.54 Å². The number of rotatable bonds is 9. The van der Waals surface area contributed by atoms with Gasteiger partial charge in [0.1, 0.15) is 5.69 Å². The van der Waals surface area contributed by atoms with Crippen LogP contribution < -0.4 is 4.72 Å². The first kappa shape index (κ1) is 22.9. The molecule has 0 saturated heterocycles. The van der Waals surface area contributed by atoms with Gasteiger partial charge in [0, 0.05) is 18.4 Å². The Bertz CT molecular complexity index is 1490. The van der Waals surface area contributed by atoms with Crippen LogP contribution in [0.25, 0.3) is 10.9 Å². The molecule has 9 heteroatoms. The number of ketones is 1. The van der Waals surface area contributed by atoms with E-state index in [0.717, 1.165) is 3.97 Å². The SMILES string of the molecule is O=C(CCCNS(=O)(=O)c1ccccc1)c1cc2ccccc2n1S(=O)(=O)c1ccccc1. The highest BCUT2D eigenvalue weighted by Crippen LogP contribution is 2.26. The topological polar surface area (TPSA) is 102 Å². The van der Waals surface area contributed by atoms with Gasteiger partial charge in [-0.05, 0) is 42.8 Å². The van der Waals surface area contributed by atoms with Gasteiger partial charge >= 0.3 is 0 Å². The van der Waals surface area contributed by atoms with E-state index < -0.39 is 20.0 Å². The van der Waals surface area contributed by atoms with Crippen LogP contribution in [0, 0.1) is 0 Å². The fourth-order valence-corrected chi connectivity index (χ4v) is 6.19. The molecular weight excluding hydrogens is 460 g/mol. The summed E-state index contributed by atoms with van der Waals surface area (Å²) in [4.78, 5) is 13.3. The van der Waals surface area contributed by atoms with Crippen LogP contribution in [0.4, 0.5) is 0 Å². The molecule has 3 aromatic carbocycles. The second-order valence-electron chi connectivity index (χ2n) is 7.41. The summed E-state index contributed by atoms with van der Waals surface area (Å²) >= 11 is 0. The maximum absolute atomic E-state index is 13.4. The zero-order valence-electron chi connectivity index (χ0n) is 17.6. The Kier molecular flexibility index (Phi) is 6.46. The molecule has 0 bridgehead atoms. The summed E-state index contributed by atoms with van der Waals surface area (Å²) in [6.07, 6.45) is 0.204. The Balaban J connectivity index is 1.56. The largest absolute Gasteiger partial charge is 0.292 e. The van der Waals surface area contributed by atoms with Gasteiger partial charge in [-0.15, -0.1) is 0 Å². The number of sulfonamides is 1. The summed E-state index contributed by atoms with van der Waals surface area (Å²) in [6, 6.07) is 24.3. The van der Waals surface area contributed by atoms with E-state index in [2.05, 4.69) is 4.72 Å². The third-order valence-corrected chi connectivity index (χ3v) is 8.38. The van der Waals surface area contributed by atoms with Crippen molar-refractivity contribution in [3.8, 4) is 0 Å². The van der Waals surface area contributed by atoms with Crippen LogP contribution in [0.5, 0.6) is 0 Å². The Morgan fingerprint density at radius 1 is 0.758 bits per heavy atom. The minimum atomic E-state index is -4.00. The minimum absolute atomic E-state index is 0.0159. The summed E-state index contributed by atoms with van der Waals surface area (Å²) < 4.78 is 54.9. The lowest BCUT2D eigenvalue weighted by Crippen LogP contribution is -2.25. The van der Waals surface area contributed by atoms with Crippen LogP contribution in [-0.2, 0) is 20.0 Å². The minimum Gasteiger partial charge on any atom is -0.292 e. The molecule has 0 aliphatic carbocycles. The smallest absolute Gasteiger partial charge is 0.268 e. The highest BCUT2D eigenvalue weighted by Gasteiger charge is 2.26. The number of hydrogen-bond acceptors (Lipinski definition) is 5. The molecule has 33 heavy (non-hydrogen) atoms. The maximum Gasteiger partial charge on any atom is 0.268 e. The molecule has 1 N–H and O–H groups in total. The summed E-state index contributed by atoms with van der Waals surface area (Å²) in [5.74, 6) is -0.385. The van der Waals surface area contributed by atoms with Crippen LogP contribution in [0.2, 0.25) is 0 Å². The lowest BCUT2D eigenvalue weighted by atomic mass is 10.1. The molecule has 0 unspecified atom stereocenters. The summed E-state index contributed by atoms with van der Waals surface area (Å²) in [5.41, 5.74) is 0.459. The molecule has 4 aromatic rings. The first-order valence-corrected chi connectivity index (χ1v) is 13.2. The van der Waals surface area contributed by atoms with Gasteiger partial charge in [0.05, 0.1) is 15.3 Å². The zero-order chi connectivity index (χ0) is 23.5. The number of benzene rings is 3. The number of hydrogen-bond donors (Lipinski definition) is 1. The number of nitrogens with zero attached hydrogens (tertiary/aromatic N) is 1. The van der Waals surface area contributed by atoms with E-state index in [-0.39, 0.29) is 40.7 Å². The average molecular weight is 483 g/mol. The van der Waals surface area contributed by atoms with Crippen LogP contribution in [-0.4, -0.2) is 33.1 Å². The van der Waals surface area contributed by atoms with Gasteiger partial charge in [0.2, 0.25) is 10.0 Å². The molecule has 7 nitrogen and oxygen atoms in total. The van der Waals surface area contributed by atoms with Crippen molar-refractivity contribution in [2.45, 2.75) is 22.6 Å². The molecule has 1 heterocycles. The van der Waals surface area contributed by atoms with Crippen molar-refractivity contribution in [3.63, 3.8) is 0 Å². The number of aromatic nitrogens is 1. The van der Waals surface area contributed by atoms with Gasteiger partial charge in [-0.3, -0.25) is 4.79 Å². The normalized spacial score (nSPS) is 12.1. The van der Waals surface area contributed by atoms with Gasteiger partial charge in [0.25, 0.3) is 10.0 Å². The van der Waals surface area contributed by atoms with E-state index in [4.69, 9.17) is 0 Å². The second-order valence-corrected chi connectivity index (χ2v) is 11.0. The monoisotopic (exact) mass is 482 g/mol. The van der Waals surface area contributed by atoms with Crippen LogP contribution in [0.3, 0.4) is 0 Å². The number of carbonyl (C=O) groups is 1. The van der Waals surface area contributed by atoms with Crippen LogP contribution >= 0.6 is 0 Å². The van der Waals surface area contributed by atoms with E-state index in [9.17, 15) is 21.6 Å². The van der Waals surface area contributed by atoms with Crippen molar-refractivity contribution in [1.29, 1.82) is 0 Å². The Labute approximate surface area is 192 Å². The lowest BCUT2D eigenvalue weighted by molar-refractivity contribution is 0.0975. The third-order valence-electron chi connectivity index (χ3n) is 5.16. The Hall–Kier alpha value is -3.27. The van der Waals surface area contributed by atoms with Crippen LogP contribution in [0.15, 0.2) is 101 Å². The first-order chi connectivity index (χ1) is 15.8. The average Bonchev–Trinajstić information content (AvgIpc) is 3.23. The van der Waals surface area contributed by atoms with E-state index in [0.29, 0.717) is 10.9 Å². The third kappa shape index (κ3) is 4.75. The lowest BCUT2D eigenvalue weighted by Gasteiger charge is -2.12. The summed E-state index contributed by atoms with van der Waals surface area (Å²) in [5, 5.41) is 0.630. The van der Waals surface area contributed by atoms with E-state index in [1.807, 2.05) is 0 Å². The Morgan fingerprint density at radius 3 is 2.00 bits per heavy atom. The number of carbonyl (C=O) groups excluding carboxylic acids is 1. The standard InChI is InChI=1S/C24H22N2O5S2/c27-24(16-9-17-25-32(28,29)20-11-3-1-4-12-20)23-18-19-10-7-8-15-22(19)26(23)33(30,31)21-13-5-2-6-14-21/h1-8,10-15,18,25H,9,16-17H2. The van der Waals surface area contributed by atoms with Crippen molar-refractivity contribution in [1.82, 2.24) is 8.69 Å².